The fourth-order valence-electron chi connectivity index (χ4n) is 1.74. The third-order valence-corrected chi connectivity index (χ3v) is 2.86. The van der Waals surface area contributed by atoms with E-state index in [-0.39, 0.29) is 0 Å². The smallest absolute Gasteiger partial charge is 0.248 e. The highest BCUT2D eigenvalue weighted by Gasteiger charge is 2.10. The second-order valence-electron chi connectivity index (χ2n) is 4.23. The number of nitrogen functional groups attached to an aromatic ring is 2. The Bertz CT molecular complexity index is 686. The number of nitrogens with two attached hydrogens (primary N) is 2. The van der Waals surface area contributed by atoms with Crippen LogP contribution in [0.25, 0.3) is 0 Å². The maximum atomic E-state index is 12.1. The Balaban J connectivity index is 2.36. The molecule has 4 N–H and O–H groups in total. The summed E-state index contributed by atoms with van der Waals surface area (Å²) in [6, 6.07) is 9.47. The molecule has 7 nitrogen and oxygen atoms in total. The molecule has 110 valence electrons. The Morgan fingerprint density at radius 2 is 1.52 bits per heavy atom. The molecule has 0 fully saturated rings. The van der Waals surface area contributed by atoms with Crippen LogP contribution in [0.4, 0.5) is 22.7 Å². The third kappa shape index (κ3) is 3.14. The molecule has 21 heavy (non-hydrogen) atoms. The highest BCUT2D eigenvalue weighted by Crippen LogP contribution is 2.30. The van der Waals surface area contributed by atoms with E-state index in [1.165, 1.54) is 20.3 Å². The summed E-state index contributed by atoms with van der Waals surface area (Å²) in [5, 5.41) is 16.0. The average molecular weight is 288 g/mol. The molecular weight excluding hydrogens is 272 g/mol. The number of azo groups is 1. The van der Waals surface area contributed by atoms with Gasteiger partial charge in [-0.25, -0.2) is 0 Å². The molecule has 0 heterocycles. The highest BCUT2D eigenvalue weighted by atomic mass is 16.5. The van der Waals surface area contributed by atoms with Gasteiger partial charge in [-0.1, -0.05) is 0 Å². The summed E-state index contributed by atoms with van der Waals surface area (Å²) in [5.41, 5.74) is 13.1. The minimum Gasteiger partial charge on any atom is -0.594 e. The molecule has 0 bridgehead atoms. The quantitative estimate of drug-likeness (QED) is 0.389. The summed E-state index contributed by atoms with van der Waals surface area (Å²) in [6.45, 7) is 0. The summed E-state index contributed by atoms with van der Waals surface area (Å²) >= 11 is 0. The van der Waals surface area contributed by atoms with Crippen molar-refractivity contribution in [2.45, 2.75) is 0 Å². The van der Waals surface area contributed by atoms with Gasteiger partial charge in [0.15, 0.2) is 0 Å². The number of rotatable bonds is 4. The zero-order chi connectivity index (χ0) is 15.4. The Labute approximate surface area is 122 Å². The fourth-order valence-corrected chi connectivity index (χ4v) is 1.74. The summed E-state index contributed by atoms with van der Waals surface area (Å²) < 4.78 is 10.2. The second kappa shape index (κ2) is 6.00. The van der Waals surface area contributed by atoms with Crippen molar-refractivity contribution in [3.05, 3.63) is 41.6 Å². The van der Waals surface area contributed by atoms with Crippen LogP contribution in [-0.4, -0.2) is 19.1 Å². The van der Waals surface area contributed by atoms with Crippen molar-refractivity contribution >= 4 is 22.7 Å². The van der Waals surface area contributed by atoms with E-state index < -0.39 is 0 Å². The summed E-state index contributed by atoms with van der Waals surface area (Å²) in [6.07, 6.45) is 0. The van der Waals surface area contributed by atoms with Crippen LogP contribution in [0.5, 0.6) is 11.5 Å². The monoisotopic (exact) mass is 288 g/mol. The van der Waals surface area contributed by atoms with Crippen LogP contribution in [0, 0.1) is 5.21 Å². The number of nitrogens with zero attached hydrogens (tertiary/aromatic N) is 2. The summed E-state index contributed by atoms with van der Waals surface area (Å²) in [7, 11) is 2.97. The first-order valence-electron chi connectivity index (χ1n) is 6.11. The number of benzene rings is 2. The zero-order valence-corrected chi connectivity index (χ0v) is 11.7. The van der Waals surface area contributed by atoms with E-state index in [9.17, 15) is 5.21 Å². The molecule has 0 atom stereocenters. The van der Waals surface area contributed by atoms with Crippen molar-refractivity contribution < 1.29 is 14.3 Å². The first kappa shape index (κ1) is 14.4. The number of hydrogen-bond acceptors (Lipinski definition) is 6. The predicted molar refractivity (Wildman–Crippen MR) is 80.2 cm³/mol. The molecule has 0 spiro atoms. The Morgan fingerprint density at radius 3 is 2.14 bits per heavy atom. The first-order valence-corrected chi connectivity index (χ1v) is 6.11. The predicted octanol–water partition coefficient (Wildman–Crippen LogP) is 2.79. The van der Waals surface area contributed by atoms with Crippen LogP contribution in [0.1, 0.15) is 0 Å². The van der Waals surface area contributed by atoms with Gasteiger partial charge in [0, 0.05) is 17.2 Å². The van der Waals surface area contributed by atoms with Gasteiger partial charge in [-0.05, 0) is 23.1 Å². The molecule has 2 aromatic rings. The molecule has 0 aliphatic heterocycles. The first-order chi connectivity index (χ1) is 10.0. The summed E-state index contributed by atoms with van der Waals surface area (Å²) in [4.78, 5) is 0.479. The fraction of sp³-hybridized carbons (Fsp3) is 0.143. The van der Waals surface area contributed by atoms with Gasteiger partial charge in [0.1, 0.15) is 17.2 Å². The van der Waals surface area contributed by atoms with Crippen molar-refractivity contribution in [3.63, 3.8) is 0 Å². The van der Waals surface area contributed by atoms with Crippen molar-refractivity contribution in [3.8, 4) is 11.5 Å². The number of hydrogen-bond donors (Lipinski definition) is 2. The lowest BCUT2D eigenvalue weighted by Gasteiger charge is -2.06. The topological polar surface area (TPSA) is 109 Å². The minimum atomic E-state index is 0.303. The zero-order valence-electron chi connectivity index (χ0n) is 11.7. The van der Waals surface area contributed by atoms with Crippen LogP contribution in [0.15, 0.2) is 41.5 Å². The molecule has 0 unspecified atom stereocenters. The molecule has 0 saturated carbocycles. The van der Waals surface area contributed by atoms with Gasteiger partial charge >= 0.3 is 0 Å². The SMILES string of the molecule is COc1cc(N=[N+]([O-])c2ccc(N)c(OC)c2)ccc1N. The van der Waals surface area contributed by atoms with Gasteiger partial charge < -0.3 is 26.1 Å². The van der Waals surface area contributed by atoms with Crippen LogP contribution >= 0.6 is 0 Å². The van der Waals surface area contributed by atoms with Gasteiger partial charge in [-0.3, -0.25) is 0 Å². The van der Waals surface area contributed by atoms with Gasteiger partial charge in [0.05, 0.1) is 31.7 Å². The van der Waals surface area contributed by atoms with Crippen LogP contribution in [-0.2, 0) is 0 Å². The van der Waals surface area contributed by atoms with Gasteiger partial charge in [-0.2, -0.15) is 0 Å². The largest absolute Gasteiger partial charge is 0.594 e. The van der Waals surface area contributed by atoms with E-state index in [1.54, 1.807) is 30.3 Å². The molecule has 2 aromatic carbocycles. The third-order valence-electron chi connectivity index (χ3n) is 2.86. The standard InChI is InChI=1S/C14H16N4O3/c1-20-13-7-9(3-5-11(13)15)17-18(19)10-4-6-12(16)14(8-10)21-2/h3-8H,15-16H2,1-2H3. The Morgan fingerprint density at radius 1 is 0.952 bits per heavy atom. The second-order valence-corrected chi connectivity index (χ2v) is 4.23. The average Bonchev–Trinajstić information content (AvgIpc) is 2.49. The Hall–Kier alpha value is -2.96. The number of methoxy groups -OCH3 is 2. The molecule has 0 aromatic heterocycles. The highest BCUT2D eigenvalue weighted by molar-refractivity contribution is 5.59. The van der Waals surface area contributed by atoms with E-state index in [0.717, 1.165) is 0 Å². The molecule has 0 aliphatic carbocycles. The molecule has 2 rings (SSSR count). The van der Waals surface area contributed by atoms with E-state index in [4.69, 9.17) is 20.9 Å². The Kier molecular flexibility index (Phi) is 4.13. The lowest BCUT2D eigenvalue weighted by Crippen LogP contribution is -1.96. The van der Waals surface area contributed by atoms with Crippen molar-refractivity contribution in [2.24, 2.45) is 5.11 Å². The van der Waals surface area contributed by atoms with Crippen molar-refractivity contribution in [1.82, 2.24) is 0 Å². The minimum absolute atomic E-state index is 0.303. The van der Waals surface area contributed by atoms with Crippen LogP contribution in [0.3, 0.4) is 0 Å². The maximum Gasteiger partial charge on any atom is 0.248 e. The lowest BCUT2D eigenvalue weighted by atomic mass is 10.2. The molecule has 0 amide bonds. The number of anilines is 2. The molecule has 0 saturated heterocycles. The molecular formula is C14H16N4O3. The van der Waals surface area contributed by atoms with E-state index in [1.807, 2.05) is 0 Å². The van der Waals surface area contributed by atoms with Gasteiger partial charge in [0.2, 0.25) is 5.69 Å². The lowest BCUT2D eigenvalue weighted by molar-refractivity contribution is -0.435. The summed E-state index contributed by atoms with van der Waals surface area (Å²) in [5.74, 6) is 0.873. The van der Waals surface area contributed by atoms with Crippen molar-refractivity contribution in [2.75, 3.05) is 25.7 Å². The van der Waals surface area contributed by atoms with E-state index in [2.05, 4.69) is 5.11 Å². The van der Waals surface area contributed by atoms with E-state index >= 15 is 0 Å². The molecule has 0 radical (unpaired) electrons. The van der Waals surface area contributed by atoms with Gasteiger partial charge in [0.25, 0.3) is 0 Å². The van der Waals surface area contributed by atoms with Crippen molar-refractivity contribution in [1.29, 1.82) is 0 Å². The molecule has 7 heteroatoms. The molecule has 0 aliphatic rings. The van der Waals surface area contributed by atoms with Gasteiger partial charge in [-0.15, -0.1) is 0 Å². The maximum absolute atomic E-state index is 12.1. The normalized spacial score (nSPS) is 11.2. The van der Waals surface area contributed by atoms with E-state index in [0.29, 0.717) is 39.1 Å². The van der Waals surface area contributed by atoms with Crippen LogP contribution < -0.4 is 20.9 Å². The number of ether oxygens (including phenoxy) is 2. The van der Waals surface area contributed by atoms with Crippen LogP contribution in [0.2, 0.25) is 0 Å².